The third-order valence-electron chi connectivity index (χ3n) is 1.75. The van der Waals surface area contributed by atoms with Gasteiger partial charge in [-0.1, -0.05) is 0 Å². The van der Waals surface area contributed by atoms with Gasteiger partial charge in [0.25, 0.3) is 0 Å². The minimum Gasteiger partial charge on any atom is -0.384 e. The van der Waals surface area contributed by atoms with Gasteiger partial charge in [-0.05, 0) is 13.0 Å². The monoisotopic (exact) mass is 229 g/mol. The maximum absolute atomic E-state index is 11.0. The molecule has 1 atom stereocenters. The summed E-state index contributed by atoms with van der Waals surface area (Å²) in [4.78, 5) is 3.84. The van der Waals surface area contributed by atoms with Crippen LogP contribution >= 0.6 is 0 Å². The van der Waals surface area contributed by atoms with Crippen LogP contribution in [0.3, 0.4) is 0 Å². The fourth-order valence-electron chi connectivity index (χ4n) is 1.32. The van der Waals surface area contributed by atoms with Crippen molar-refractivity contribution in [3.63, 3.8) is 0 Å². The first-order chi connectivity index (χ1) is 6.87. The molecule has 1 aromatic rings. The summed E-state index contributed by atoms with van der Waals surface area (Å²) in [6.07, 6.45) is 2.79. The molecule has 1 heterocycles. The molecule has 1 unspecified atom stereocenters. The molecule has 0 aliphatic carbocycles. The van der Waals surface area contributed by atoms with Crippen LogP contribution in [-0.4, -0.2) is 31.5 Å². The minimum absolute atomic E-state index is 0.0925. The Hall–Kier alpha value is -1.30. The second kappa shape index (κ2) is 4.48. The Morgan fingerprint density at radius 1 is 1.60 bits per heavy atom. The average Bonchev–Trinajstić information content (AvgIpc) is 1.99. The lowest BCUT2D eigenvalue weighted by Gasteiger charge is -2.13. The number of anilines is 2. The highest BCUT2D eigenvalue weighted by molar-refractivity contribution is 7.90. The summed E-state index contributed by atoms with van der Waals surface area (Å²) < 4.78 is 22.0. The van der Waals surface area contributed by atoms with Gasteiger partial charge in [-0.15, -0.1) is 0 Å². The molecule has 0 radical (unpaired) electrons. The molecule has 0 spiro atoms. The summed E-state index contributed by atoms with van der Waals surface area (Å²) in [7, 11) is -2.96. The summed E-state index contributed by atoms with van der Waals surface area (Å²) in [5.74, 6) is 0.501. The van der Waals surface area contributed by atoms with E-state index in [4.69, 9.17) is 5.73 Å². The van der Waals surface area contributed by atoms with E-state index in [0.717, 1.165) is 5.69 Å². The van der Waals surface area contributed by atoms with Gasteiger partial charge in [0.1, 0.15) is 15.7 Å². The standard InChI is InChI=1S/C9H15N3O2S/c1-7(6-15(2,13)14)12-8-3-4-11-9(10)5-8/h3-5,7H,6H2,1-2H3,(H3,10,11,12). The van der Waals surface area contributed by atoms with Gasteiger partial charge in [-0.25, -0.2) is 13.4 Å². The summed E-state index contributed by atoms with van der Waals surface area (Å²) in [6, 6.07) is 3.26. The molecule has 0 saturated carbocycles. The molecule has 0 saturated heterocycles. The van der Waals surface area contributed by atoms with Gasteiger partial charge in [0, 0.05) is 30.2 Å². The van der Waals surface area contributed by atoms with Crippen molar-refractivity contribution in [2.75, 3.05) is 23.1 Å². The molecule has 15 heavy (non-hydrogen) atoms. The Morgan fingerprint density at radius 3 is 2.80 bits per heavy atom. The van der Waals surface area contributed by atoms with Crippen LogP contribution in [0.25, 0.3) is 0 Å². The number of sulfone groups is 1. The normalized spacial score (nSPS) is 13.5. The second-order valence-corrected chi connectivity index (χ2v) is 5.79. The highest BCUT2D eigenvalue weighted by atomic mass is 32.2. The van der Waals surface area contributed by atoms with Crippen LogP contribution in [0.5, 0.6) is 0 Å². The van der Waals surface area contributed by atoms with E-state index in [1.54, 1.807) is 25.3 Å². The lowest BCUT2D eigenvalue weighted by Crippen LogP contribution is -2.25. The lowest BCUT2D eigenvalue weighted by atomic mass is 10.3. The van der Waals surface area contributed by atoms with Crippen molar-refractivity contribution in [2.45, 2.75) is 13.0 Å². The maximum Gasteiger partial charge on any atom is 0.149 e. The first-order valence-corrected chi connectivity index (χ1v) is 6.58. The Balaban J connectivity index is 2.63. The van der Waals surface area contributed by atoms with E-state index in [1.165, 1.54) is 6.26 Å². The molecule has 0 aliphatic heterocycles. The van der Waals surface area contributed by atoms with Crippen LogP contribution in [0.2, 0.25) is 0 Å². The minimum atomic E-state index is -2.96. The van der Waals surface area contributed by atoms with Crippen LogP contribution in [0.1, 0.15) is 6.92 Å². The number of nitrogens with two attached hydrogens (primary N) is 1. The first kappa shape index (κ1) is 11.8. The van der Waals surface area contributed by atoms with E-state index < -0.39 is 9.84 Å². The lowest BCUT2D eigenvalue weighted by molar-refractivity contribution is 0.598. The number of aromatic nitrogens is 1. The molecule has 0 aromatic carbocycles. The highest BCUT2D eigenvalue weighted by Gasteiger charge is 2.10. The number of hydrogen-bond acceptors (Lipinski definition) is 5. The van der Waals surface area contributed by atoms with Gasteiger partial charge < -0.3 is 11.1 Å². The third kappa shape index (κ3) is 4.64. The van der Waals surface area contributed by atoms with E-state index >= 15 is 0 Å². The quantitative estimate of drug-likeness (QED) is 0.785. The van der Waals surface area contributed by atoms with Gasteiger partial charge in [0.15, 0.2) is 0 Å². The number of nitrogen functional groups attached to an aromatic ring is 1. The fourth-order valence-corrected chi connectivity index (χ4v) is 2.31. The van der Waals surface area contributed by atoms with Crippen molar-refractivity contribution in [2.24, 2.45) is 0 Å². The predicted molar refractivity (Wildman–Crippen MR) is 61.4 cm³/mol. The molecule has 1 rings (SSSR count). The molecule has 6 heteroatoms. The predicted octanol–water partition coefficient (Wildman–Crippen LogP) is 0.509. The molecular formula is C9H15N3O2S. The van der Waals surface area contributed by atoms with Crippen LogP contribution in [0.15, 0.2) is 18.3 Å². The maximum atomic E-state index is 11.0. The van der Waals surface area contributed by atoms with Crippen molar-refractivity contribution in [1.82, 2.24) is 4.98 Å². The zero-order valence-corrected chi connectivity index (χ0v) is 9.58. The van der Waals surface area contributed by atoms with Gasteiger partial charge >= 0.3 is 0 Å². The van der Waals surface area contributed by atoms with Crippen molar-refractivity contribution in [3.8, 4) is 0 Å². The average molecular weight is 229 g/mol. The van der Waals surface area contributed by atoms with Gasteiger partial charge in [0.05, 0.1) is 5.75 Å². The van der Waals surface area contributed by atoms with E-state index in [2.05, 4.69) is 10.3 Å². The molecular weight excluding hydrogens is 214 g/mol. The van der Waals surface area contributed by atoms with Gasteiger partial charge in [-0.3, -0.25) is 0 Å². The second-order valence-electron chi connectivity index (χ2n) is 3.61. The van der Waals surface area contributed by atoms with Crippen molar-refractivity contribution >= 4 is 21.3 Å². The van der Waals surface area contributed by atoms with Crippen molar-refractivity contribution in [3.05, 3.63) is 18.3 Å². The number of nitrogens with one attached hydrogen (secondary N) is 1. The number of hydrogen-bond donors (Lipinski definition) is 2. The van der Waals surface area contributed by atoms with Crippen molar-refractivity contribution in [1.29, 1.82) is 0 Å². The Bertz CT molecular complexity index is 431. The van der Waals surface area contributed by atoms with E-state index in [9.17, 15) is 8.42 Å². The van der Waals surface area contributed by atoms with Gasteiger partial charge in [-0.2, -0.15) is 0 Å². The first-order valence-electron chi connectivity index (χ1n) is 4.52. The molecule has 1 aromatic heterocycles. The molecule has 3 N–H and O–H groups in total. The molecule has 0 amide bonds. The largest absolute Gasteiger partial charge is 0.384 e. The molecule has 0 bridgehead atoms. The molecule has 84 valence electrons. The Labute approximate surface area is 89.6 Å². The van der Waals surface area contributed by atoms with Crippen LogP contribution in [-0.2, 0) is 9.84 Å². The van der Waals surface area contributed by atoms with Gasteiger partial charge in [0.2, 0.25) is 0 Å². The highest BCUT2D eigenvalue weighted by Crippen LogP contribution is 2.10. The summed E-state index contributed by atoms with van der Waals surface area (Å²) in [6.45, 7) is 1.80. The Kier molecular flexibility index (Phi) is 3.52. The SMILES string of the molecule is CC(CS(C)(=O)=O)Nc1ccnc(N)c1. The van der Waals surface area contributed by atoms with Crippen LogP contribution < -0.4 is 11.1 Å². The zero-order chi connectivity index (χ0) is 11.5. The van der Waals surface area contributed by atoms with Crippen LogP contribution in [0.4, 0.5) is 11.5 Å². The molecule has 5 nitrogen and oxygen atoms in total. The Morgan fingerprint density at radius 2 is 2.27 bits per heavy atom. The molecule has 0 aliphatic rings. The molecule has 0 fully saturated rings. The van der Waals surface area contributed by atoms with E-state index in [-0.39, 0.29) is 11.8 Å². The fraction of sp³-hybridized carbons (Fsp3) is 0.444. The summed E-state index contributed by atoms with van der Waals surface area (Å²) >= 11 is 0. The summed E-state index contributed by atoms with van der Waals surface area (Å²) in [5.41, 5.74) is 6.27. The number of nitrogens with zero attached hydrogens (tertiary/aromatic N) is 1. The van der Waals surface area contributed by atoms with E-state index in [0.29, 0.717) is 5.82 Å². The number of rotatable bonds is 4. The van der Waals surface area contributed by atoms with Crippen molar-refractivity contribution < 1.29 is 8.42 Å². The number of pyridine rings is 1. The van der Waals surface area contributed by atoms with E-state index in [1.807, 2.05) is 0 Å². The summed E-state index contributed by atoms with van der Waals surface area (Å²) in [5, 5.41) is 3.04. The third-order valence-corrected chi connectivity index (χ3v) is 2.85. The van der Waals surface area contributed by atoms with Crippen LogP contribution in [0, 0.1) is 0 Å². The smallest absolute Gasteiger partial charge is 0.149 e. The zero-order valence-electron chi connectivity index (χ0n) is 8.77. The topological polar surface area (TPSA) is 85.1 Å².